The Morgan fingerprint density at radius 1 is 0.912 bits per heavy atom. The molecule has 0 unspecified atom stereocenters. The van der Waals surface area contributed by atoms with E-state index in [0.717, 1.165) is 71.0 Å². The Bertz CT molecular complexity index is 1500. The van der Waals surface area contributed by atoms with Gasteiger partial charge in [-0.25, -0.2) is 15.0 Å². The lowest BCUT2D eigenvalue weighted by Gasteiger charge is -2.34. The predicted octanol–water partition coefficient (Wildman–Crippen LogP) is 3.66. The Hall–Kier alpha value is -4.04. The predicted molar refractivity (Wildman–Crippen MR) is 133 cm³/mol. The van der Waals surface area contributed by atoms with Gasteiger partial charge in [0.2, 0.25) is 0 Å². The van der Waals surface area contributed by atoms with Crippen molar-refractivity contribution >= 4 is 27.8 Å². The molecule has 0 bridgehead atoms. The van der Waals surface area contributed by atoms with Crippen LogP contribution in [0.2, 0.25) is 0 Å². The van der Waals surface area contributed by atoms with Crippen molar-refractivity contribution in [3.8, 4) is 34.3 Å². The number of anilines is 1. The molecule has 1 aliphatic rings. The van der Waals surface area contributed by atoms with E-state index in [1.54, 1.807) is 12.1 Å². The van der Waals surface area contributed by atoms with E-state index in [1.165, 1.54) is 12.8 Å². The number of aromatic amines is 3. The van der Waals surface area contributed by atoms with E-state index < -0.39 is 0 Å². The smallest absolute Gasteiger partial charge is 0.285 e. The second-order valence-corrected chi connectivity index (χ2v) is 8.85. The first kappa shape index (κ1) is 20.6. The molecular weight excluding hydrogens is 428 g/mol. The van der Waals surface area contributed by atoms with Crippen LogP contribution >= 0.6 is 0 Å². The summed E-state index contributed by atoms with van der Waals surface area (Å²) in [5, 5.41) is 10.1. The second-order valence-electron chi connectivity index (χ2n) is 8.85. The highest BCUT2D eigenvalue weighted by molar-refractivity contribution is 5.85. The van der Waals surface area contributed by atoms with Gasteiger partial charge in [-0.1, -0.05) is 0 Å². The van der Waals surface area contributed by atoms with Crippen LogP contribution in [0.3, 0.4) is 0 Å². The first-order chi connectivity index (χ1) is 16.6. The molecule has 34 heavy (non-hydrogen) atoms. The third kappa shape index (κ3) is 3.62. The molecule has 2 aromatic heterocycles. The van der Waals surface area contributed by atoms with Gasteiger partial charge in [-0.05, 0) is 55.6 Å². The molecule has 0 saturated carbocycles. The molecule has 8 nitrogen and oxygen atoms in total. The summed E-state index contributed by atoms with van der Waals surface area (Å²) in [6.45, 7) is 4.24. The largest absolute Gasteiger partial charge is 0.504 e. The topological polar surface area (TPSA) is 94.5 Å². The van der Waals surface area contributed by atoms with Gasteiger partial charge >= 0.3 is 0 Å². The van der Waals surface area contributed by atoms with Crippen molar-refractivity contribution in [2.24, 2.45) is 0 Å². The average molecular weight is 456 g/mol. The first-order valence-electron chi connectivity index (χ1n) is 11.4. The maximum atomic E-state index is 10.1. The quantitative estimate of drug-likeness (QED) is 0.385. The molecule has 1 saturated heterocycles. The fraction of sp³-hybridized carbons (Fsp3) is 0.231. The molecule has 0 amide bonds. The second kappa shape index (κ2) is 8.07. The zero-order valence-corrected chi connectivity index (χ0v) is 19.2. The molecule has 0 atom stereocenters. The molecule has 1 aliphatic heterocycles. The fourth-order valence-electron chi connectivity index (χ4n) is 4.59. The van der Waals surface area contributed by atoms with E-state index in [2.05, 4.69) is 62.1 Å². The van der Waals surface area contributed by atoms with Crippen LogP contribution in [0.25, 0.3) is 44.8 Å². The number of ether oxygens (including phenoxy) is 1. The molecule has 8 heteroatoms. The van der Waals surface area contributed by atoms with Crippen molar-refractivity contribution in [2.75, 3.05) is 45.2 Å². The van der Waals surface area contributed by atoms with Crippen molar-refractivity contribution in [1.29, 1.82) is 0 Å². The molecule has 0 radical (unpaired) electrons. The average Bonchev–Trinajstić information content (AvgIpc) is 3.47. The minimum absolute atomic E-state index is 0.103. The maximum absolute atomic E-state index is 10.1. The Labute approximate surface area is 196 Å². The van der Waals surface area contributed by atoms with Crippen LogP contribution in [0.1, 0.15) is 0 Å². The number of imidazole rings is 2. The number of benzene rings is 3. The lowest BCUT2D eigenvalue weighted by atomic mass is 10.2. The maximum Gasteiger partial charge on any atom is 0.285 e. The van der Waals surface area contributed by atoms with Gasteiger partial charge in [-0.2, -0.15) is 0 Å². The van der Waals surface area contributed by atoms with Crippen molar-refractivity contribution < 1.29 is 14.8 Å². The van der Waals surface area contributed by atoms with Crippen LogP contribution in [-0.4, -0.2) is 65.3 Å². The minimum Gasteiger partial charge on any atom is -0.504 e. The van der Waals surface area contributed by atoms with Gasteiger partial charge in [-0.15, -0.1) is 0 Å². The molecule has 0 spiro atoms. The fourth-order valence-corrected chi connectivity index (χ4v) is 4.59. The molecule has 4 N–H and O–H groups in total. The number of hydrogen-bond acceptors (Lipinski definition) is 5. The van der Waals surface area contributed by atoms with Crippen molar-refractivity contribution in [3.05, 3.63) is 54.6 Å². The summed E-state index contributed by atoms with van der Waals surface area (Å²) in [5.41, 5.74) is 7.02. The van der Waals surface area contributed by atoms with E-state index in [4.69, 9.17) is 9.72 Å². The highest BCUT2D eigenvalue weighted by atomic mass is 16.5. The number of H-pyrrole nitrogens is 3. The lowest BCUT2D eigenvalue weighted by Crippen LogP contribution is -2.44. The molecule has 1 fully saturated rings. The summed E-state index contributed by atoms with van der Waals surface area (Å²) in [5.74, 6) is 2.20. The molecule has 172 valence electrons. The van der Waals surface area contributed by atoms with Crippen molar-refractivity contribution in [3.63, 3.8) is 0 Å². The molecular formula is C26H27N6O2+. The number of methoxy groups -OCH3 is 1. The van der Waals surface area contributed by atoms with E-state index >= 15 is 0 Å². The van der Waals surface area contributed by atoms with Crippen LogP contribution in [0.15, 0.2) is 54.6 Å². The molecule has 5 aromatic rings. The summed E-state index contributed by atoms with van der Waals surface area (Å²) in [6, 6.07) is 18.0. The number of hydrogen-bond donors (Lipinski definition) is 3. The zero-order valence-electron chi connectivity index (χ0n) is 19.2. The number of nitrogens with one attached hydrogen (secondary N) is 3. The Morgan fingerprint density at radius 3 is 2.53 bits per heavy atom. The Balaban J connectivity index is 1.31. The van der Waals surface area contributed by atoms with Gasteiger partial charge in [0, 0.05) is 43.5 Å². The van der Waals surface area contributed by atoms with Gasteiger partial charge in [0.05, 0.1) is 23.7 Å². The van der Waals surface area contributed by atoms with E-state index in [-0.39, 0.29) is 5.75 Å². The standard InChI is InChI=1S/C26H26N6O2/c1-31-9-11-32(12-10-31)18-5-7-20-22(15-18)30-25(28-20)16-3-6-19-21(13-16)29-26(27-19)17-4-8-24(34-2)23(33)14-17/h3-8,13-15,33H,9-12H2,1-2H3,(H,27,29)(H,28,30)/p+1. The van der Waals surface area contributed by atoms with E-state index in [1.807, 2.05) is 12.1 Å². The van der Waals surface area contributed by atoms with Crippen LogP contribution in [0, 0.1) is 0 Å². The highest BCUT2D eigenvalue weighted by Crippen LogP contribution is 2.31. The van der Waals surface area contributed by atoms with Crippen molar-refractivity contribution in [2.45, 2.75) is 0 Å². The zero-order chi connectivity index (χ0) is 23.2. The number of aromatic nitrogens is 4. The van der Waals surface area contributed by atoms with Crippen LogP contribution in [0.4, 0.5) is 5.69 Å². The summed E-state index contributed by atoms with van der Waals surface area (Å²) < 4.78 is 5.15. The SMILES string of the molecule is COc1ccc(-c2[nH]c3cc(-c4nc5ccc(N6CCN(C)CC6)cc5[nH]4)ccc3[nH+]2)cc1O. The summed E-state index contributed by atoms with van der Waals surface area (Å²) in [4.78, 5) is 19.9. The summed E-state index contributed by atoms with van der Waals surface area (Å²) in [6.07, 6.45) is 0. The highest BCUT2D eigenvalue weighted by Gasteiger charge is 2.18. The minimum atomic E-state index is 0.103. The normalized spacial score (nSPS) is 14.8. The number of phenolic OH excluding ortho intramolecular Hbond substituents is 1. The van der Waals surface area contributed by atoms with Gasteiger partial charge in [0.25, 0.3) is 5.82 Å². The lowest BCUT2D eigenvalue weighted by molar-refractivity contribution is -0.330. The van der Waals surface area contributed by atoms with Gasteiger partial charge in [0.1, 0.15) is 5.82 Å². The third-order valence-electron chi connectivity index (χ3n) is 6.61. The van der Waals surface area contributed by atoms with Crippen molar-refractivity contribution in [1.82, 2.24) is 19.9 Å². The van der Waals surface area contributed by atoms with Gasteiger partial charge in [0.15, 0.2) is 22.5 Å². The number of fused-ring (bicyclic) bond motifs is 2. The molecule has 6 rings (SSSR count). The monoisotopic (exact) mass is 455 g/mol. The Morgan fingerprint density at radius 2 is 1.74 bits per heavy atom. The third-order valence-corrected chi connectivity index (χ3v) is 6.61. The van der Waals surface area contributed by atoms with E-state index in [0.29, 0.717) is 5.75 Å². The van der Waals surface area contributed by atoms with Gasteiger partial charge < -0.3 is 24.6 Å². The molecule has 3 heterocycles. The number of aromatic hydroxyl groups is 1. The molecule has 3 aromatic carbocycles. The Kier molecular flexibility index (Phi) is 4.88. The number of likely N-dealkylation sites (N-methyl/N-ethyl adjacent to an activating group) is 1. The number of phenols is 1. The summed E-state index contributed by atoms with van der Waals surface area (Å²) >= 11 is 0. The number of nitrogens with zero attached hydrogens (tertiary/aromatic N) is 3. The molecule has 0 aliphatic carbocycles. The van der Waals surface area contributed by atoms with E-state index in [9.17, 15) is 5.11 Å². The number of rotatable bonds is 4. The first-order valence-corrected chi connectivity index (χ1v) is 11.4. The van der Waals surface area contributed by atoms with Crippen LogP contribution in [-0.2, 0) is 0 Å². The number of piperazine rings is 1. The van der Waals surface area contributed by atoms with Gasteiger partial charge in [-0.3, -0.25) is 0 Å². The summed E-state index contributed by atoms with van der Waals surface area (Å²) in [7, 11) is 3.71. The van der Waals surface area contributed by atoms with Crippen LogP contribution in [0.5, 0.6) is 11.5 Å². The van der Waals surface area contributed by atoms with Crippen LogP contribution < -0.4 is 14.6 Å².